The molecule has 1 heterocycles. The van der Waals surface area contributed by atoms with Gasteiger partial charge in [-0.05, 0) is 24.6 Å². The average Bonchev–Trinajstić information content (AvgIpc) is 3.08. The van der Waals surface area contributed by atoms with Crippen molar-refractivity contribution in [3.8, 4) is 5.75 Å². The summed E-state index contributed by atoms with van der Waals surface area (Å²) >= 11 is 0. The van der Waals surface area contributed by atoms with E-state index in [1.807, 2.05) is 38.1 Å². The Hall–Kier alpha value is -2.44. The Labute approximate surface area is 129 Å². The second-order valence-electron chi connectivity index (χ2n) is 5.39. The molecule has 1 N–H and O–H groups in total. The summed E-state index contributed by atoms with van der Waals surface area (Å²) in [4.78, 5) is 14.3. The van der Waals surface area contributed by atoms with Crippen LogP contribution in [0.15, 0.2) is 24.3 Å². The van der Waals surface area contributed by atoms with Gasteiger partial charge in [0.15, 0.2) is 5.82 Å². The summed E-state index contributed by atoms with van der Waals surface area (Å²) in [6.45, 7) is 4.39. The number of methoxy groups -OCH3 is 1. The molecule has 0 unspecified atom stereocenters. The fraction of sp³-hybridized carbons (Fsp3) is 0.467. The Balaban J connectivity index is 2.02. The van der Waals surface area contributed by atoms with Crippen LogP contribution < -0.4 is 4.74 Å². The van der Waals surface area contributed by atoms with E-state index in [4.69, 9.17) is 4.74 Å². The van der Waals surface area contributed by atoms with Gasteiger partial charge in [0.25, 0.3) is 0 Å². The van der Waals surface area contributed by atoms with Crippen molar-refractivity contribution in [1.82, 2.24) is 25.5 Å². The molecule has 0 aliphatic rings. The number of carbonyl (C=O) groups is 1. The minimum Gasteiger partial charge on any atom is -0.497 e. The Morgan fingerprint density at radius 1 is 1.41 bits per heavy atom. The summed E-state index contributed by atoms with van der Waals surface area (Å²) in [5.41, 5.74) is 0.934. The number of likely N-dealkylation sites (N-methyl/N-ethyl adjacent to an activating group) is 1. The maximum Gasteiger partial charge on any atom is 0.229 e. The van der Waals surface area contributed by atoms with Crippen LogP contribution in [0.1, 0.15) is 37.1 Å². The highest BCUT2D eigenvalue weighted by Crippen LogP contribution is 2.23. The molecule has 0 spiro atoms. The summed E-state index contributed by atoms with van der Waals surface area (Å²) in [5, 5.41) is 13.9. The summed E-state index contributed by atoms with van der Waals surface area (Å²) in [6, 6.07) is 7.57. The highest BCUT2D eigenvalue weighted by Gasteiger charge is 2.22. The van der Waals surface area contributed by atoms with E-state index in [2.05, 4.69) is 20.6 Å². The van der Waals surface area contributed by atoms with E-state index in [9.17, 15) is 4.79 Å². The molecular weight excluding hydrogens is 282 g/mol. The molecule has 118 valence electrons. The third-order valence-corrected chi connectivity index (χ3v) is 3.69. The van der Waals surface area contributed by atoms with Crippen molar-refractivity contribution >= 4 is 5.91 Å². The van der Waals surface area contributed by atoms with Crippen molar-refractivity contribution in [1.29, 1.82) is 0 Å². The van der Waals surface area contributed by atoms with E-state index in [1.54, 1.807) is 19.1 Å². The molecule has 2 rings (SSSR count). The summed E-state index contributed by atoms with van der Waals surface area (Å²) < 4.78 is 5.21. The standard InChI is InChI=1S/C15H21N5O2/c1-10(14-16-18-19-17-14)9-20(3)15(21)11(2)12-6-5-7-13(8-12)22-4/h5-8,10-11H,9H2,1-4H3,(H,16,17,18,19)/t10-,11+/m0/s1. The van der Waals surface area contributed by atoms with Gasteiger partial charge in [-0.2, -0.15) is 5.21 Å². The molecule has 7 nitrogen and oxygen atoms in total. The van der Waals surface area contributed by atoms with E-state index in [-0.39, 0.29) is 17.7 Å². The molecule has 1 aromatic carbocycles. The number of hydrogen-bond acceptors (Lipinski definition) is 5. The lowest BCUT2D eigenvalue weighted by molar-refractivity contribution is -0.131. The minimum absolute atomic E-state index is 0.0187. The molecule has 1 aromatic heterocycles. The molecule has 0 aliphatic heterocycles. The molecule has 1 amide bonds. The first-order valence-corrected chi connectivity index (χ1v) is 7.15. The maximum atomic E-state index is 12.6. The number of hydrogen-bond donors (Lipinski definition) is 1. The Morgan fingerprint density at radius 3 is 2.82 bits per heavy atom. The predicted octanol–water partition coefficient (Wildman–Crippen LogP) is 1.57. The number of aromatic amines is 1. The molecule has 2 atom stereocenters. The van der Waals surface area contributed by atoms with Gasteiger partial charge in [-0.15, -0.1) is 10.2 Å². The quantitative estimate of drug-likeness (QED) is 0.875. The number of nitrogens with zero attached hydrogens (tertiary/aromatic N) is 4. The number of nitrogens with one attached hydrogen (secondary N) is 1. The van der Waals surface area contributed by atoms with Gasteiger partial charge in [0.2, 0.25) is 5.91 Å². The minimum atomic E-state index is -0.238. The highest BCUT2D eigenvalue weighted by atomic mass is 16.5. The zero-order chi connectivity index (χ0) is 16.1. The molecule has 22 heavy (non-hydrogen) atoms. The van der Waals surface area contributed by atoms with Crippen molar-refractivity contribution in [2.45, 2.75) is 25.7 Å². The van der Waals surface area contributed by atoms with Crippen LogP contribution in [0.3, 0.4) is 0 Å². The van der Waals surface area contributed by atoms with Crippen LogP contribution in [-0.2, 0) is 4.79 Å². The van der Waals surface area contributed by atoms with Gasteiger partial charge < -0.3 is 9.64 Å². The molecule has 0 saturated heterocycles. The molecule has 0 bridgehead atoms. The lowest BCUT2D eigenvalue weighted by atomic mass is 9.99. The van der Waals surface area contributed by atoms with Crippen LogP contribution in [0.2, 0.25) is 0 Å². The van der Waals surface area contributed by atoms with Crippen molar-refractivity contribution in [2.75, 3.05) is 20.7 Å². The lowest BCUT2D eigenvalue weighted by Gasteiger charge is -2.23. The average molecular weight is 303 g/mol. The Morgan fingerprint density at radius 2 is 2.18 bits per heavy atom. The second-order valence-corrected chi connectivity index (χ2v) is 5.39. The van der Waals surface area contributed by atoms with Crippen LogP contribution in [-0.4, -0.2) is 52.1 Å². The van der Waals surface area contributed by atoms with Crippen LogP contribution in [0.5, 0.6) is 5.75 Å². The first-order valence-electron chi connectivity index (χ1n) is 7.15. The zero-order valence-electron chi connectivity index (χ0n) is 13.3. The van der Waals surface area contributed by atoms with Crippen molar-refractivity contribution in [3.63, 3.8) is 0 Å². The predicted molar refractivity (Wildman–Crippen MR) is 81.6 cm³/mol. The number of ether oxygens (including phenoxy) is 1. The second kappa shape index (κ2) is 7.02. The van der Waals surface area contributed by atoms with Gasteiger partial charge in [-0.25, -0.2) is 0 Å². The van der Waals surface area contributed by atoms with Gasteiger partial charge in [0.1, 0.15) is 5.75 Å². The first kappa shape index (κ1) is 15.9. The zero-order valence-corrected chi connectivity index (χ0v) is 13.3. The van der Waals surface area contributed by atoms with E-state index in [0.29, 0.717) is 12.4 Å². The maximum absolute atomic E-state index is 12.6. The normalized spacial score (nSPS) is 13.5. The smallest absolute Gasteiger partial charge is 0.229 e. The Bertz CT molecular complexity index is 614. The fourth-order valence-corrected chi connectivity index (χ4v) is 2.34. The number of carbonyl (C=O) groups excluding carboxylic acids is 1. The van der Waals surface area contributed by atoms with Crippen molar-refractivity contribution < 1.29 is 9.53 Å². The molecule has 0 fully saturated rings. The number of H-pyrrole nitrogens is 1. The van der Waals surface area contributed by atoms with Crippen LogP contribution in [0, 0.1) is 0 Å². The number of amides is 1. The van der Waals surface area contributed by atoms with Gasteiger partial charge in [0.05, 0.1) is 13.0 Å². The molecule has 0 radical (unpaired) electrons. The number of benzene rings is 1. The van der Waals surface area contributed by atoms with Gasteiger partial charge >= 0.3 is 0 Å². The fourth-order valence-electron chi connectivity index (χ4n) is 2.34. The number of rotatable bonds is 6. The van der Waals surface area contributed by atoms with E-state index >= 15 is 0 Å². The van der Waals surface area contributed by atoms with Crippen molar-refractivity contribution in [2.24, 2.45) is 0 Å². The summed E-state index contributed by atoms with van der Waals surface area (Å²) in [5.74, 6) is 1.18. The SMILES string of the molecule is COc1cccc([C@@H](C)C(=O)N(C)C[C@H](C)c2nn[nH]n2)c1. The van der Waals surface area contributed by atoms with Gasteiger partial charge in [-0.1, -0.05) is 24.3 Å². The molecule has 0 aliphatic carbocycles. The molecule has 7 heteroatoms. The van der Waals surface area contributed by atoms with Crippen molar-refractivity contribution in [3.05, 3.63) is 35.7 Å². The summed E-state index contributed by atoms with van der Waals surface area (Å²) in [6.07, 6.45) is 0. The number of aromatic nitrogens is 4. The summed E-state index contributed by atoms with van der Waals surface area (Å²) in [7, 11) is 3.40. The first-order chi connectivity index (χ1) is 10.5. The molecule has 0 saturated carbocycles. The number of tetrazole rings is 1. The van der Waals surface area contributed by atoms with E-state index in [0.717, 1.165) is 11.3 Å². The Kier molecular flexibility index (Phi) is 5.08. The van der Waals surface area contributed by atoms with E-state index < -0.39 is 0 Å². The largest absolute Gasteiger partial charge is 0.497 e. The van der Waals surface area contributed by atoms with Crippen LogP contribution in [0.4, 0.5) is 0 Å². The van der Waals surface area contributed by atoms with Gasteiger partial charge in [-0.3, -0.25) is 4.79 Å². The van der Waals surface area contributed by atoms with Gasteiger partial charge in [0, 0.05) is 19.5 Å². The highest BCUT2D eigenvalue weighted by molar-refractivity contribution is 5.83. The molecular formula is C15H21N5O2. The molecule has 2 aromatic rings. The van der Waals surface area contributed by atoms with Crippen LogP contribution >= 0.6 is 0 Å². The lowest BCUT2D eigenvalue weighted by Crippen LogP contribution is -2.33. The monoisotopic (exact) mass is 303 g/mol. The van der Waals surface area contributed by atoms with E-state index in [1.165, 1.54) is 0 Å². The topological polar surface area (TPSA) is 84.0 Å². The third-order valence-electron chi connectivity index (χ3n) is 3.69. The van der Waals surface area contributed by atoms with Crippen LogP contribution in [0.25, 0.3) is 0 Å². The third kappa shape index (κ3) is 3.60.